The van der Waals surface area contributed by atoms with Gasteiger partial charge in [-0.15, -0.1) is 0 Å². The third-order valence-electron chi connectivity index (χ3n) is 6.15. The zero-order chi connectivity index (χ0) is 19.3. The Balaban J connectivity index is 1.43. The number of halogens is 1. The van der Waals surface area contributed by atoms with E-state index in [0.717, 1.165) is 61.5 Å². The smallest absolute Gasteiger partial charge is 0.228 e. The van der Waals surface area contributed by atoms with E-state index in [-0.39, 0.29) is 11.3 Å². The zero-order valence-corrected chi connectivity index (χ0v) is 16.7. The number of amides is 1. The minimum atomic E-state index is -0.104. The van der Waals surface area contributed by atoms with Gasteiger partial charge in [0.25, 0.3) is 0 Å². The van der Waals surface area contributed by atoms with E-state index >= 15 is 0 Å². The Morgan fingerprint density at radius 2 is 2.11 bits per heavy atom. The number of fused-ring (bicyclic) bond motifs is 1. The van der Waals surface area contributed by atoms with Crippen LogP contribution in [-0.4, -0.2) is 38.3 Å². The van der Waals surface area contributed by atoms with Crippen molar-refractivity contribution in [2.24, 2.45) is 5.41 Å². The fourth-order valence-corrected chi connectivity index (χ4v) is 4.31. The van der Waals surface area contributed by atoms with Gasteiger partial charge < -0.3 is 4.90 Å². The van der Waals surface area contributed by atoms with Gasteiger partial charge >= 0.3 is 0 Å². The van der Waals surface area contributed by atoms with Crippen molar-refractivity contribution >= 4 is 23.2 Å². The highest BCUT2D eigenvalue weighted by atomic mass is 35.5. The van der Waals surface area contributed by atoms with Crippen molar-refractivity contribution in [3.63, 3.8) is 0 Å². The predicted molar refractivity (Wildman–Crippen MR) is 109 cm³/mol. The summed E-state index contributed by atoms with van der Waals surface area (Å²) < 4.78 is 1.97. The zero-order valence-electron chi connectivity index (χ0n) is 15.9. The lowest BCUT2D eigenvalue weighted by atomic mass is 9.92. The first-order valence-electron chi connectivity index (χ1n) is 9.93. The molecule has 1 atom stereocenters. The van der Waals surface area contributed by atoms with Crippen molar-refractivity contribution in [3.8, 4) is 11.4 Å². The Morgan fingerprint density at radius 3 is 2.93 bits per heavy atom. The van der Waals surface area contributed by atoms with Crippen molar-refractivity contribution in [2.75, 3.05) is 13.1 Å². The molecule has 5 nitrogen and oxygen atoms in total. The summed E-state index contributed by atoms with van der Waals surface area (Å²) in [7, 11) is 0. The highest BCUT2D eigenvalue weighted by Gasteiger charge is 2.47. The summed E-state index contributed by atoms with van der Waals surface area (Å²) in [4.78, 5) is 24.2. The van der Waals surface area contributed by atoms with Gasteiger partial charge in [-0.05, 0) is 49.9 Å². The number of likely N-dealkylation sites (tertiary alicyclic amines) is 1. The minimum absolute atomic E-state index is 0.104. The topological polar surface area (TPSA) is 50.5 Å². The van der Waals surface area contributed by atoms with Crippen LogP contribution >= 0.6 is 11.6 Å². The van der Waals surface area contributed by atoms with Gasteiger partial charge in [-0.2, -0.15) is 0 Å². The molecule has 0 radical (unpaired) electrons. The molecule has 0 bridgehead atoms. The molecule has 28 heavy (non-hydrogen) atoms. The molecule has 6 heteroatoms. The Kier molecular flexibility index (Phi) is 4.16. The molecule has 144 valence electrons. The second-order valence-corrected chi connectivity index (χ2v) is 8.75. The lowest BCUT2D eigenvalue weighted by Gasteiger charge is -2.34. The van der Waals surface area contributed by atoms with Crippen LogP contribution in [0.15, 0.2) is 42.7 Å². The van der Waals surface area contributed by atoms with Gasteiger partial charge in [0, 0.05) is 36.3 Å². The maximum Gasteiger partial charge on any atom is 0.228 e. The van der Waals surface area contributed by atoms with E-state index in [4.69, 9.17) is 16.6 Å². The van der Waals surface area contributed by atoms with Crippen LogP contribution in [0.1, 0.15) is 44.2 Å². The van der Waals surface area contributed by atoms with Crippen LogP contribution in [0.3, 0.4) is 0 Å². The molecule has 4 heterocycles. The number of pyridine rings is 2. The van der Waals surface area contributed by atoms with E-state index in [9.17, 15) is 4.79 Å². The number of carbonyl (C=O) groups excluding carboxylic acids is 1. The monoisotopic (exact) mass is 394 g/mol. The van der Waals surface area contributed by atoms with E-state index in [1.165, 1.54) is 0 Å². The van der Waals surface area contributed by atoms with Gasteiger partial charge in [0.15, 0.2) is 0 Å². The molecular formula is C22H23ClN4O. The first kappa shape index (κ1) is 17.7. The molecule has 3 aromatic heterocycles. The molecule has 2 fully saturated rings. The third kappa shape index (κ3) is 3.08. The van der Waals surface area contributed by atoms with Crippen molar-refractivity contribution in [3.05, 3.63) is 53.4 Å². The highest BCUT2D eigenvalue weighted by Crippen LogP contribution is 2.47. The molecule has 5 rings (SSSR count). The van der Waals surface area contributed by atoms with Gasteiger partial charge in [0.05, 0.1) is 22.6 Å². The third-order valence-corrected chi connectivity index (χ3v) is 6.37. The maximum absolute atomic E-state index is 12.8. The van der Waals surface area contributed by atoms with Gasteiger partial charge in [-0.1, -0.05) is 24.6 Å². The van der Waals surface area contributed by atoms with E-state index < -0.39 is 0 Å². The summed E-state index contributed by atoms with van der Waals surface area (Å²) >= 11 is 6.17. The molecule has 2 aliphatic rings. The average Bonchev–Trinajstić information content (AvgIpc) is 3.34. The van der Waals surface area contributed by atoms with Gasteiger partial charge in [-0.25, -0.2) is 4.98 Å². The van der Waals surface area contributed by atoms with Crippen LogP contribution in [0.2, 0.25) is 5.02 Å². The van der Waals surface area contributed by atoms with Crippen molar-refractivity contribution < 1.29 is 4.79 Å². The van der Waals surface area contributed by atoms with E-state index in [0.29, 0.717) is 10.9 Å². The molecular weight excluding hydrogens is 372 g/mol. The number of hydrogen-bond donors (Lipinski definition) is 0. The number of aromatic nitrogens is 3. The number of hydrogen-bond acceptors (Lipinski definition) is 3. The number of carbonyl (C=O) groups is 1. The van der Waals surface area contributed by atoms with Crippen LogP contribution in [0, 0.1) is 5.41 Å². The molecule has 1 saturated carbocycles. The first-order valence-corrected chi connectivity index (χ1v) is 10.3. The Labute approximate surface area is 169 Å². The second kappa shape index (κ2) is 6.59. The Morgan fingerprint density at radius 1 is 1.25 bits per heavy atom. The molecule has 1 aliphatic carbocycles. The highest BCUT2D eigenvalue weighted by molar-refractivity contribution is 6.30. The lowest BCUT2D eigenvalue weighted by Crippen LogP contribution is -2.42. The molecule has 0 aromatic carbocycles. The van der Waals surface area contributed by atoms with Crippen LogP contribution in [0.4, 0.5) is 0 Å². The van der Waals surface area contributed by atoms with Crippen molar-refractivity contribution in [2.45, 2.75) is 38.5 Å². The van der Waals surface area contributed by atoms with Crippen molar-refractivity contribution in [1.29, 1.82) is 0 Å². The maximum atomic E-state index is 12.8. The largest absolute Gasteiger partial charge is 0.342 e. The normalized spacial score (nSPS) is 21.1. The second-order valence-electron chi connectivity index (χ2n) is 8.32. The summed E-state index contributed by atoms with van der Waals surface area (Å²) in [6.07, 6.45) is 7.85. The summed E-state index contributed by atoms with van der Waals surface area (Å²) in [6.45, 7) is 3.73. The molecule has 0 unspecified atom stereocenters. The fraction of sp³-hybridized carbons (Fsp3) is 0.409. The van der Waals surface area contributed by atoms with E-state index in [1.807, 2.05) is 41.1 Å². The standard InChI is InChI=1S/C22H23ClN4O/c1-22(9-10-22)21(28)26-11-3-4-15(13-26)17-5-2-6-18(25-17)19-12-24-20-8-7-16(23)14-27(19)20/h2,5-8,12,14-15H,3-4,9-11,13H2,1H3/t15-/m1/s1. The van der Waals surface area contributed by atoms with Crippen LogP contribution in [0.5, 0.6) is 0 Å². The summed E-state index contributed by atoms with van der Waals surface area (Å²) in [5.41, 5.74) is 3.59. The van der Waals surface area contributed by atoms with E-state index in [2.05, 4.69) is 22.9 Å². The molecule has 1 saturated heterocycles. The molecule has 0 N–H and O–H groups in total. The molecule has 0 spiro atoms. The number of imidazole rings is 1. The molecule has 3 aromatic rings. The average molecular weight is 395 g/mol. The first-order chi connectivity index (χ1) is 13.5. The number of piperidine rings is 1. The Bertz CT molecular complexity index is 1060. The van der Waals surface area contributed by atoms with Crippen LogP contribution in [-0.2, 0) is 4.79 Å². The lowest BCUT2D eigenvalue weighted by molar-refractivity contribution is -0.137. The van der Waals surface area contributed by atoms with E-state index in [1.54, 1.807) is 0 Å². The number of nitrogens with zero attached hydrogens (tertiary/aromatic N) is 4. The van der Waals surface area contributed by atoms with Crippen molar-refractivity contribution in [1.82, 2.24) is 19.3 Å². The Hall–Kier alpha value is -2.40. The molecule has 1 aliphatic heterocycles. The van der Waals surface area contributed by atoms with Crippen LogP contribution < -0.4 is 0 Å². The van der Waals surface area contributed by atoms with Gasteiger partial charge in [-0.3, -0.25) is 14.2 Å². The summed E-state index contributed by atoms with van der Waals surface area (Å²) in [6, 6.07) is 9.87. The van der Waals surface area contributed by atoms with Gasteiger partial charge in [0.1, 0.15) is 5.65 Å². The quantitative estimate of drug-likeness (QED) is 0.654. The summed E-state index contributed by atoms with van der Waals surface area (Å²) in [5.74, 6) is 0.604. The SMILES string of the molecule is CC1(C(=O)N2CCC[C@@H](c3cccc(-c4cnc5ccc(Cl)cn45)n3)C2)CC1. The number of rotatable bonds is 3. The van der Waals surface area contributed by atoms with Crippen LogP contribution in [0.25, 0.3) is 17.0 Å². The van der Waals surface area contributed by atoms with Gasteiger partial charge in [0.2, 0.25) is 5.91 Å². The fourth-order valence-electron chi connectivity index (χ4n) is 4.15. The predicted octanol–water partition coefficient (Wildman–Crippen LogP) is 4.56. The summed E-state index contributed by atoms with van der Waals surface area (Å²) in [5, 5.41) is 0.665. The molecule has 1 amide bonds. The minimum Gasteiger partial charge on any atom is -0.342 e.